The van der Waals surface area contributed by atoms with Gasteiger partial charge < -0.3 is 15.4 Å². The van der Waals surface area contributed by atoms with E-state index in [1.54, 1.807) is 0 Å². The minimum Gasteiger partial charge on any atom is -0.379 e. The highest BCUT2D eigenvalue weighted by atomic mass is 16.5. The smallest absolute Gasteiger partial charge is 0.225 e. The van der Waals surface area contributed by atoms with Crippen LogP contribution in [0.4, 0.5) is 0 Å². The van der Waals surface area contributed by atoms with Crippen molar-refractivity contribution in [3.8, 4) is 0 Å². The second kappa shape index (κ2) is 11.8. The predicted molar refractivity (Wildman–Crippen MR) is 114 cm³/mol. The minimum atomic E-state index is -0.287. The minimum absolute atomic E-state index is 0.121. The summed E-state index contributed by atoms with van der Waals surface area (Å²) in [7, 11) is 0. The van der Waals surface area contributed by atoms with Crippen molar-refractivity contribution in [2.45, 2.75) is 79.7 Å². The summed E-state index contributed by atoms with van der Waals surface area (Å²) < 4.78 is 5.25. The molecular formula is C22H43N3O3. The Balaban J connectivity index is 0.000000283. The van der Waals surface area contributed by atoms with E-state index in [9.17, 15) is 9.59 Å². The summed E-state index contributed by atoms with van der Waals surface area (Å²) in [5, 5.41) is 6.07. The molecule has 0 spiro atoms. The van der Waals surface area contributed by atoms with E-state index in [1.165, 1.54) is 32.1 Å². The lowest BCUT2D eigenvalue weighted by atomic mass is 9.91. The molecule has 2 rings (SSSR count). The van der Waals surface area contributed by atoms with Gasteiger partial charge in [-0.3, -0.25) is 14.5 Å². The highest BCUT2D eigenvalue weighted by Crippen LogP contribution is 2.20. The van der Waals surface area contributed by atoms with Gasteiger partial charge in [-0.1, -0.05) is 60.8 Å². The highest BCUT2D eigenvalue weighted by molar-refractivity contribution is 5.81. The Hall–Kier alpha value is -1.14. The van der Waals surface area contributed by atoms with Crippen LogP contribution in [0.15, 0.2) is 0 Å². The fourth-order valence-corrected chi connectivity index (χ4v) is 3.07. The van der Waals surface area contributed by atoms with Crippen molar-refractivity contribution in [3.63, 3.8) is 0 Å². The van der Waals surface area contributed by atoms with Crippen molar-refractivity contribution >= 4 is 11.8 Å². The van der Waals surface area contributed by atoms with Crippen molar-refractivity contribution in [2.24, 2.45) is 10.8 Å². The standard InChI is InChI=1S/C11H22N2O2.C11H21NO/c1-11(2,3)10(14)12-4-5-13-6-8-15-9-7-13;1-11(2,3)10(13)12-9-7-5-4-6-8-9/h4-9H2,1-3H3,(H,12,14);9H,4-8H2,1-3H3,(H,12,13). The van der Waals surface area contributed by atoms with Gasteiger partial charge >= 0.3 is 0 Å². The molecule has 6 heteroatoms. The third-order valence-electron chi connectivity index (χ3n) is 5.12. The molecule has 2 fully saturated rings. The number of hydrogen-bond acceptors (Lipinski definition) is 4. The number of morpholine rings is 1. The highest BCUT2D eigenvalue weighted by Gasteiger charge is 2.24. The van der Waals surface area contributed by atoms with Crippen LogP contribution in [-0.2, 0) is 14.3 Å². The Kier molecular flexibility index (Phi) is 10.5. The molecule has 1 aliphatic carbocycles. The Morgan fingerprint density at radius 1 is 0.893 bits per heavy atom. The zero-order valence-corrected chi connectivity index (χ0v) is 19.0. The maximum atomic E-state index is 11.6. The number of carbonyl (C=O) groups is 2. The molecule has 0 atom stereocenters. The summed E-state index contributed by atoms with van der Waals surface area (Å²) >= 11 is 0. The van der Waals surface area contributed by atoms with E-state index in [1.807, 2.05) is 41.5 Å². The maximum absolute atomic E-state index is 11.6. The number of nitrogens with zero attached hydrogens (tertiary/aromatic N) is 1. The van der Waals surface area contributed by atoms with Crippen molar-refractivity contribution in [2.75, 3.05) is 39.4 Å². The first-order chi connectivity index (χ1) is 13.0. The molecular weight excluding hydrogens is 354 g/mol. The number of rotatable bonds is 4. The first kappa shape index (κ1) is 24.9. The molecule has 2 amide bonds. The summed E-state index contributed by atoms with van der Waals surface area (Å²) in [4.78, 5) is 25.5. The van der Waals surface area contributed by atoms with Gasteiger partial charge in [-0.25, -0.2) is 0 Å². The van der Waals surface area contributed by atoms with Crippen LogP contribution in [0.2, 0.25) is 0 Å². The Labute approximate surface area is 172 Å². The fourth-order valence-electron chi connectivity index (χ4n) is 3.07. The number of hydrogen-bond donors (Lipinski definition) is 2. The first-order valence-corrected chi connectivity index (χ1v) is 10.9. The van der Waals surface area contributed by atoms with Crippen molar-refractivity contribution in [3.05, 3.63) is 0 Å². The SMILES string of the molecule is CC(C)(C)C(=O)NC1CCCCC1.CC(C)(C)C(=O)NCCN1CCOCC1. The molecule has 1 saturated heterocycles. The van der Waals surface area contributed by atoms with E-state index in [0.29, 0.717) is 6.04 Å². The van der Waals surface area contributed by atoms with E-state index >= 15 is 0 Å². The van der Waals surface area contributed by atoms with Crippen LogP contribution in [0.3, 0.4) is 0 Å². The van der Waals surface area contributed by atoms with Gasteiger partial charge in [-0.05, 0) is 12.8 Å². The third kappa shape index (κ3) is 10.4. The van der Waals surface area contributed by atoms with Crippen LogP contribution >= 0.6 is 0 Å². The molecule has 1 saturated carbocycles. The van der Waals surface area contributed by atoms with Gasteiger partial charge in [-0.15, -0.1) is 0 Å². The van der Waals surface area contributed by atoms with E-state index < -0.39 is 0 Å². The first-order valence-electron chi connectivity index (χ1n) is 10.9. The van der Waals surface area contributed by atoms with E-state index in [-0.39, 0.29) is 22.6 Å². The van der Waals surface area contributed by atoms with Gasteiger partial charge in [-0.2, -0.15) is 0 Å². The summed E-state index contributed by atoms with van der Waals surface area (Å²) in [6.45, 7) is 16.9. The van der Waals surface area contributed by atoms with E-state index in [4.69, 9.17) is 4.74 Å². The molecule has 2 N–H and O–H groups in total. The average molecular weight is 398 g/mol. The lowest BCUT2D eigenvalue weighted by Gasteiger charge is -2.27. The van der Waals surface area contributed by atoms with Gasteiger partial charge in [0.15, 0.2) is 0 Å². The Morgan fingerprint density at radius 3 is 1.93 bits per heavy atom. The van der Waals surface area contributed by atoms with Crippen molar-refractivity contribution < 1.29 is 14.3 Å². The molecule has 6 nitrogen and oxygen atoms in total. The normalized spacial score (nSPS) is 19.4. The fraction of sp³-hybridized carbons (Fsp3) is 0.909. The second-order valence-electron chi connectivity index (χ2n) is 10.0. The zero-order chi connectivity index (χ0) is 21.2. The Bertz CT molecular complexity index is 468. The average Bonchev–Trinajstić information content (AvgIpc) is 2.62. The van der Waals surface area contributed by atoms with Crippen LogP contribution in [0, 0.1) is 10.8 Å². The third-order valence-corrected chi connectivity index (χ3v) is 5.12. The van der Waals surface area contributed by atoms with Gasteiger partial charge in [0.05, 0.1) is 13.2 Å². The van der Waals surface area contributed by atoms with Crippen LogP contribution in [0.5, 0.6) is 0 Å². The lowest BCUT2D eigenvalue weighted by Crippen LogP contribution is -2.43. The lowest BCUT2D eigenvalue weighted by molar-refractivity contribution is -0.129. The molecule has 28 heavy (non-hydrogen) atoms. The predicted octanol–water partition coefficient (Wildman–Crippen LogP) is 2.96. The van der Waals surface area contributed by atoms with Gasteiger partial charge in [0.25, 0.3) is 0 Å². The quantitative estimate of drug-likeness (QED) is 0.765. The number of carbonyl (C=O) groups excluding carboxylic acids is 2. The van der Waals surface area contributed by atoms with Crippen LogP contribution < -0.4 is 10.6 Å². The summed E-state index contributed by atoms with van der Waals surface area (Å²) in [5.74, 6) is 0.315. The van der Waals surface area contributed by atoms with Crippen LogP contribution in [-0.4, -0.2) is 62.1 Å². The molecule has 2 aliphatic rings. The molecule has 0 aromatic carbocycles. The summed E-state index contributed by atoms with van der Waals surface area (Å²) in [6.07, 6.45) is 6.22. The molecule has 1 aliphatic heterocycles. The Morgan fingerprint density at radius 2 is 1.43 bits per heavy atom. The second-order valence-corrected chi connectivity index (χ2v) is 10.0. The summed E-state index contributed by atoms with van der Waals surface area (Å²) in [5.41, 5.74) is -0.525. The molecule has 164 valence electrons. The van der Waals surface area contributed by atoms with Gasteiger partial charge in [0, 0.05) is 43.1 Å². The number of nitrogens with one attached hydrogen (secondary N) is 2. The monoisotopic (exact) mass is 397 g/mol. The summed E-state index contributed by atoms with van der Waals surface area (Å²) in [6, 6.07) is 0.445. The van der Waals surface area contributed by atoms with Crippen LogP contribution in [0.1, 0.15) is 73.6 Å². The topological polar surface area (TPSA) is 70.7 Å². The van der Waals surface area contributed by atoms with Gasteiger partial charge in [0.2, 0.25) is 11.8 Å². The van der Waals surface area contributed by atoms with E-state index in [2.05, 4.69) is 15.5 Å². The van der Waals surface area contributed by atoms with Crippen molar-refractivity contribution in [1.82, 2.24) is 15.5 Å². The number of amides is 2. The van der Waals surface area contributed by atoms with Gasteiger partial charge in [0.1, 0.15) is 0 Å². The van der Waals surface area contributed by atoms with Crippen molar-refractivity contribution in [1.29, 1.82) is 0 Å². The number of ether oxygens (including phenoxy) is 1. The maximum Gasteiger partial charge on any atom is 0.225 e. The molecule has 0 radical (unpaired) electrons. The van der Waals surface area contributed by atoms with E-state index in [0.717, 1.165) is 39.4 Å². The zero-order valence-electron chi connectivity index (χ0n) is 19.0. The van der Waals surface area contributed by atoms with Crippen LogP contribution in [0.25, 0.3) is 0 Å². The molecule has 0 bridgehead atoms. The molecule has 0 aromatic heterocycles. The molecule has 0 unspecified atom stereocenters. The largest absolute Gasteiger partial charge is 0.379 e. The molecule has 0 aromatic rings. The molecule has 1 heterocycles.